The van der Waals surface area contributed by atoms with E-state index in [0.29, 0.717) is 19.3 Å². The molecule has 0 heterocycles. The molecule has 19 heavy (non-hydrogen) atoms. The second kappa shape index (κ2) is 10.8. The first-order chi connectivity index (χ1) is 8.70. The molecule has 0 bridgehead atoms. The van der Waals surface area contributed by atoms with Gasteiger partial charge in [-0.05, 0) is 39.9 Å². The number of nitrogens with zero attached hydrogens (tertiary/aromatic N) is 1. The van der Waals surface area contributed by atoms with E-state index in [2.05, 4.69) is 32.8 Å². The summed E-state index contributed by atoms with van der Waals surface area (Å²) in [4.78, 5) is 20.8. The topological polar surface area (TPSA) is 60.8 Å². The largest absolute Gasteiger partial charge is 0.331 e. The lowest BCUT2D eigenvalue weighted by Crippen LogP contribution is -2.27. The molecule has 0 amide bonds. The predicted octanol–water partition coefficient (Wildman–Crippen LogP) is 3.87. The lowest BCUT2D eigenvalue weighted by molar-refractivity contribution is 0.300. The highest BCUT2D eigenvalue weighted by Crippen LogP contribution is 2.56. The van der Waals surface area contributed by atoms with E-state index in [-0.39, 0.29) is 0 Å². The zero-order valence-corrected chi connectivity index (χ0v) is 14.5. The average Bonchev–Trinajstić information content (AvgIpc) is 2.34. The van der Waals surface area contributed by atoms with E-state index in [9.17, 15) is 14.4 Å². The normalized spacial score (nSPS) is 12.3. The Balaban J connectivity index is 0. The molecule has 0 radical (unpaired) electrons. The van der Waals surface area contributed by atoms with E-state index in [1.807, 2.05) is 13.8 Å². The summed E-state index contributed by atoms with van der Waals surface area (Å²) >= 11 is 0. The Morgan fingerprint density at radius 3 is 1.63 bits per heavy atom. The molecule has 0 saturated heterocycles. The van der Waals surface area contributed by atoms with E-state index < -0.39 is 12.8 Å². The van der Waals surface area contributed by atoms with Gasteiger partial charge in [0, 0.05) is 0 Å². The monoisotopic (exact) mass is 295 g/mol. The summed E-state index contributed by atoms with van der Waals surface area (Å²) in [5.74, 6) is 0. The molecule has 0 aliphatic rings. The summed E-state index contributed by atoms with van der Waals surface area (Å²) in [6, 6.07) is 0. The summed E-state index contributed by atoms with van der Waals surface area (Å²) in [6.07, 6.45) is 4.85. The Morgan fingerprint density at radius 1 is 1.00 bits per heavy atom. The molecule has 0 saturated carbocycles. The zero-order valence-electron chi connectivity index (χ0n) is 13.6. The first-order valence-corrected chi connectivity index (χ1v) is 9.02. The fraction of sp³-hybridized carbons (Fsp3) is 1.00. The zero-order chi connectivity index (χ0) is 15.5. The highest BCUT2D eigenvalue weighted by Gasteiger charge is 2.42. The van der Waals surface area contributed by atoms with Crippen LogP contribution in [0.5, 0.6) is 0 Å². The van der Waals surface area contributed by atoms with E-state index in [1.54, 1.807) is 0 Å². The minimum atomic E-state index is -3.95. The maximum absolute atomic E-state index is 11.4. The van der Waals surface area contributed by atoms with Crippen molar-refractivity contribution in [2.24, 2.45) is 0 Å². The van der Waals surface area contributed by atoms with Gasteiger partial charge < -0.3 is 14.7 Å². The van der Waals surface area contributed by atoms with Gasteiger partial charge >= 0.3 is 7.60 Å². The third kappa shape index (κ3) is 8.80. The standard InChI is InChI=1S/C10H23O3P.C4H11N/c1-4-7-8-9-10(5-2,6-3)14(11,12)13;1-4-5(2)3/h4-9H2,1-3H3,(H2,11,12,13);4H2,1-3H3. The van der Waals surface area contributed by atoms with Crippen LogP contribution in [0, 0.1) is 0 Å². The molecule has 2 N–H and O–H groups in total. The summed E-state index contributed by atoms with van der Waals surface area (Å²) in [5.41, 5.74) is 0. The van der Waals surface area contributed by atoms with Crippen LogP contribution in [0.4, 0.5) is 0 Å². The molecule has 0 aliphatic carbocycles. The van der Waals surface area contributed by atoms with Crippen molar-refractivity contribution >= 4 is 7.60 Å². The van der Waals surface area contributed by atoms with Gasteiger partial charge in [0.1, 0.15) is 0 Å². The van der Waals surface area contributed by atoms with E-state index in [0.717, 1.165) is 25.8 Å². The van der Waals surface area contributed by atoms with Gasteiger partial charge in [0.05, 0.1) is 5.16 Å². The summed E-state index contributed by atoms with van der Waals surface area (Å²) in [7, 11) is 0.164. The van der Waals surface area contributed by atoms with Crippen molar-refractivity contribution in [1.29, 1.82) is 0 Å². The Hall–Kier alpha value is 0.110. The van der Waals surface area contributed by atoms with Crippen molar-refractivity contribution in [2.75, 3.05) is 20.6 Å². The third-order valence-electron chi connectivity index (χ3n) is 3.81. The Morgan fingerprint density at radius 2 is 1.42 bits per heavy atom. The Kier molecular flexibility index (Phi) is 12.2. The highest BCUT2D eigenvalue weighted by molar-refractivity contribution is 7.53. The molecule has 0 aliphatic heterocycles. The molecule has 0 aromatic heterocycles. The molecule has 4 nitrogen and oxygen atoms in total. The maximum atomic E-state index is 11.4. The molecule has 0 aromatic carbocycles. The van der Waals surface area contributed by atoms with Gasteiger partial charge in [0.25, 0.3) is 0 Å². The van der Waals surface area contributed by atoms with Crippen LogP contribution >= 0.6 is 7.60 Å². The van der Waals surface area contributed by atoms with Crippen LogP contribution in [0.2, 0.25) is 0 Å². The minimum Gasteiger partial charge on any atom is -0.324 e. The molecular weight excluding hydrogens is 261 g/mol. The second-order valence-corrected chi connectivity index (χ2v) is 7.37. The molecule has 0 spiro atoms. The fourth-order valence-corrected chi connectivity index (χ4v) is 3.14. The fourth-order valence-electron chi connectivity index (χ4n) is 1.87. The van der Waals surface area contributed by atoms with Gasteiger partial charge in [-0.25, -0.2) is 0 Å². The molecule has 5 heteroatoms. The Labute approximate surface area is 119 Å². The van der Waals surface area contributed by atoms with Crippen LogP contribution in [0.15, 0.2) is 0 Å². The molecule has 118 valence electrons. The van der Waals surface area contributed by atoms with Gasteiger partial charge in [-0.1, -0.05) is 47.0 Å². The SMILES string of the molecule is CCCCCC(CC)(CC)P(=O)(O)O.CCN(C)C. The maximum Gasteiger partial charge on any atom is 0.331 e. The van der Waals surface area contributed by atoms with Crippen molar-refractivity contribution in [3.05, 3.63) is 0 Å². The number of hydrogen-bond acceptors (Lipinski definition) is 2. The molecule has 0 unspecified atom stereocenters. The summed E-state index contributed by atoms with van der Waals surface area (Å²) < 4.78 is 11.4. The van der Waals surface area contributed by atoms with E-state index in [4.69, 9.17) is 0 Å². The minimum absolute atomic E-state index is 0.567. The lowest BCUT2D eigenvalue weighted by Gasteiger charge is -2.32. The quantitative estimate of drug-likeness (QED) is 0.527. The predicted molar refractivity (Wildman–Crippen MR) is 83.7 cm³/mol. The second-order valence-electron chi connectivity index (χ2n) is 5.33. The summed E-state index contributed by atoms with van der Waals surface area (Å²) in [5, 5.41) is -0.762. The molecule has 0 rings (SSSR count). The van der Waals surface area contributed by atoms with Crippen LogP contribution in [-0.2, 0) is 4.57 Å². The first-order valence-electron chi connectivity index (χ1n) is 7.41. The van der Waals surface area contributed by atoms with Gasteiger partial charge in [0.15, 0.2) is 0 Å². The van der Waals surface area contributed by atoms with Crippen molar-refractivity contribution in [2.45, 2.75) is 71.4 Å². The van der Waals surface area contributed by atoms with Crippen LogP contribution in [0.25, 0.3) is 0 Å². The van der Waals surface area contributed by atoms with Gasteiger partial charge in [0.2, 0.25) is 0 Å². The smallest absolute Gasteiger partial charge is 0.324 e. The van der Waals surface area contributed by atoms with Crippen LogP contribution in [0.1, 0.15) is 66.2 Å². The first kappa shape index (κ1) is 21.4. The van der Waals surface area contributed by atoms with Crippen molar-refractivity contribution in [3.8, 4) is 0 Å². The molecule has 0 fully saturated rings. The van der Waals surface area contributed by atoms with E-state index in [1.165, 1.54) is 0 Å². The average molecular weight is 295 g/mol. The van der Waals surface area contributed by atoms with Crippen LogP contribution in [-0.4, -0.2) is 40.5 Å². The van der Waals surface area contributed by atoms with Gasteiger partial charge in [-0.15, -0.1) is 0 Å². The molecular formula is C14H34NO3P. The van der Waals surface area contributed by atoms with Gasteiger partial charge in [-0.3, -0.25) is 4.57 Å². The molecule has 0 aromatic rings. The van der Waals surface area contributed by atoms with Crippen LogP contribution in [0.3, 0.4) is 0 Å². The van der Waals surface area contributed by atoms with E-state index >= 15 is 0 Å². The van der Waals surface area contributed by atoms with Gasteiger partial charge in [-0.2, -0.15) is 0 Å². The third-order valence-corrected chi connectivity index (χ3v) is 5.90. The van der Waals surface area contributed by atoms with Crippen molar-refractivity contribution in [3.63, 3.8) is 0 Å². The number of unbranched alkanes of at least 4 members (excludes halogenated alkanes) is 2. The number of rotatable bonds is 8. The summed E-state index contributed by atoms with van der Waals surface area (Å²) in [6.45, 7) is 9.10. The highest BCUT2D eigenvalue weighted by atomic mass is 31.2. The molecule has 0 atom stereocenters. The van der Waals surface area contributed by atoms with Crippen molar-refractivity contribution in [1.82, 2.24) is 4.90 Å². The van der Waals surface area contributed by atoms with Crippen LogP contribution < -0.4 is 0 Å². The Bertz CT molecular complexity index is 247. The lowest BCUT2D eigenvalue weighted by atomic mass is 9.95. The van der Waals surface area contributed by atoms with Crippen molar-refractivity contribution < 1.29 is 14.4 Å². The number of hydrogen-bond donors (Lipinski definition) is 2.